The van der Waals surface area contributed by atoms with Gasteiger partial charge in [-0.2, -0.15) is 0 Å². The number of allylic oxidation sites excluding steroid dienone is 1. The number of rotatable bonds is 4. The quantitative estimate of drug-likeness (QED) is 0.466. The second-order valence-corrected chi connectivity index (χ2v) is 10.3. The zero-order chi connectivity index (χ0) is 20.9. The van der Waals surface area contributed by atoms with Gasteiger partial charge in [-0.3, -0.25) is 0 Å². The summed E-state index contributed by atoms with van der Waals surface area (Å²) in [6.45, 7) is 6.18. The van der Waals surface area contributed by atoms with Gasteiger partial charge in [-0.15, -0.1) is 0 Å². The first-order chi connectivity index (χ1) is 13.7. The summed E-state index contributed by atoms with van der Waals surface area (Å²) < 4.78 is 1.16. The number of fused-ring (bicyclic) bond motifs is 1. The molecule has 2 aliphatic heterocycles. The monoisotopic (exact) mass is 538 g/mol. The Morgan fingerprint density at radius 3 is 2.38 bits per heavy atom. The second kappa shape index (κ2) is 7.63. The van der Waals surface area contributed by atoms with Gasteiger partial charge in [-0.1, -0.05) is 49.7 Å². The van der Waals surface area contributed by atoms with Crippen LogP contribution in [0.15, 0.2) is 64.1 Å². The van der Waals surface area contributed by atoms with Crippen molar-refractivity contribution in [2.24, 2.45) is 10.9 Å². The lowest BCUT2D eigenvalue weighted by Crippen LogP contribution is -2.36. The number of thioether (sulfide) groups is 1. The van der Waals surface area contributed by atoms with Crippen LogP contribution in [0, 0.1) is 9.49 Å². The Morgan fingerprint density at radius 1 is 1.21 bits per heavy atom. The number of amidine groups is 1. The molecule has 2 unspecified atom stereocenters. The second-order valence-electron chi connectivity index (χ2n) is 7.65. The van der Waals surface area contributed by atoms with Crippen molar-refractivity contribution in [1.82, 2.24) is 4.90 Å². The van der Waals surface area contributed by atoms with Gasteiger partial charge in [0.15, 0.2) is 5.17 Å². The van der Waals surface area contributed by atoms with Crippen LogP contribution in [0.2, 0.25) is 5.02 Å². The third-order valence-electron chi connectivity index (χ3n) is 5.37. The summed E-state index contributed by atoms with van der Waals surface area (Å²) in [7, 11) is 0. The topological polar surface area (TPSA) is 52.9 Å². The maximum absolute atomic E-state index is 11.9. The third kappa shape index (κ3) is 3.49. The Morgan fingerprint density at radius 2 is 1.83 bits per heavy atom. The molecule has 7 heteroatoms. The van der Waals surface area contributed by atoms with Crippen LogP contribution in [0.5, 0.6) is 0 Å². The number of benzene rings is 2. The fraction of sp³-hybridized carbons (Fsp3) is 0.273. The molecule has 2 heterocycles. The Bertz CT molecular complexity index is 1030. The molecule has 2 aliphatic rings. The Hall–Kier alpha value is -1.51. The molecule has 150 valence electrons. The van der Waals surface area contributed by atoms with E-state index in [1.165, 1.54) is 11.8 Å². The van der Waals surface area contributed by atoms with Crippen LogP contribution >= 0.6 is 46.0 Å². The smallest absolute Gasteiger partial charge is 0.344 e. The predicted octanol–water partition coefficient (Wildman–Crippen LogP) is 6.27. The van der Waals surface area contributed by atoms with Crippen LogP contribution in [0.25, 0.3) is 0 Å². The van der Waals surface area contributed by atoms with Gasteiger partial charge in [-0.25, -0.2) is 9.79 Å². The van der Waals surface area contributed by atoms with Crippen molar-refractivity contribution in [2.45, 2.75) is 32.4 Å². The summed E-state index contributed by atoms with van der Waals surface area (Å²) in [6.07, 6.45) is 0. The minimum atomic E-state index is -0.901. The van der Waals surface area contributed by atoms with E-state index in [4.69, 9.17) is 16.6 Å². The van der Waals surface area contributed by atoms with E-state index in [0.717, 1.165) is 25.6 Å². The van der Waals surface area contributed by atoms with E-state index in [2.05, 4.69) is 58.7 Å². The maximum Gasteiger partial charge on any atom is 0.344 e. The number of hydrogen-bond acceptors (Lipinski definition) is 4. The van der Waals surface area contributed by atoms with E-state index in [1.54, 1.807) is 0 Å². The molecule has 1 N–H and O–H groups in total. The molecule has 0 aromatic heterocycles. The number of carboxylic acids is 1. The molecule has 29 heavy (non-hydrogen) atoms. The minimum Gasteiger partial charge on any atom is -0.477 e. The standard InChI is InChI=1S/C22H20ClIN2O2S/c1-12(2)17-18(20(27)28)29-21-25-22(3,14-6-10-16(24)11-7-14)19(26(17)21)13-4-8-15(23)9-5-13/h4-12,19H,1-3H3,(H,27,28). The normalized spacial score (nSPS) is 23.6. The van der Waals surface area contributed by atoms with Gasteiger partial charge >= 0.3 is 5.97 Å². The van der Waals surface area contributed by atoms with Crippen LogP contribution in [0.1, 0.15) is 37.9 Å². The lowest BCUT2D eigenvalue weighted by Gasteiger charge is -2.37. The Kier molecular flexibility index (Phi) is 5.46. The number of aliphatic carboxylic acids is 1. The molecule has 0 amide bonds. The van der Waals surface area contributed by atoms with Crippen molar-refractivity contribution in [3.05, 3.63) is 78.9 Å². The van der Waals surface area contributed by atoms with Crippen molar-refractivity contribution >= 4 is 57.1 Å². The van der Waals surface area contributed by atoms with Crippen LogP contribution < -0.4 is 0 Å². The average Bonchev–Trinajstić information content (AvgIpc) is 3.16. The molecule has 0 fully saturated rings. The highest BCUT2D eigenvalue weighted by Gasteiger charge is 2.53. The van der Waals surface area contributed by atoms with Crippen LogP contribution in [-0.4, -0.2) is 21.1 Å². The van der Waals surface area contributed by atoms with E-state index in [0.29, 0.717) is 9.93 Å². The number of halogens is 2. The van der Waals surface area contributed by atoms with Gasteiger partial charge < -0.3 is 10.0 Å². The number of carbonyl (C=O) groups is 1. The molecule has 2 atom stereocenters. The fourth-order valence-electron chi connectivity index (χ4n) is 4.06. The van der Waals surface area contributed by atoms with E-state index in [-0.39, 0.29) is 12.0 Å². The summed E-state index contributed by atoms with van der Waals surface area (Å²) >= 11 is 9.70. The van der Waals surface area contributed by atoms with Gasteiger partial charge in [0.05, 0.1) is 6.04 Å². The van der Waals surface area contributed by atoms with Gasteiger partial charge in [0, 0.05) is 14.3 Å². The van der Waals surface area contributed by atoms with Gasteiger partial charge in [0.1, 0.15) is 10.4 Å². The van der Waals surface area contributed by atoms with Crippen LogP contribution in [0.3, 0.4) is 0 Å². The van der Waals surface area contributed by atoms with E-state index >= 15 is 0 Å². The molecule has 0 spiro atoms. The highest BCUT2D eigenvalue weighted by molar-refractivity contribution is 14.1. The first-order valence-corrected chi connectivity index (χ1v) is 11.6. The molecule has 0 radical (unpaired) electrons. The predicted molar refractivity (Wildman–Crippen MR) is 127 cm³/mol. The Labute approximate surface area is 193 Å². The highest BCUT2D eigenvalue weighted by Crippen LogP contribution is 2.56. The van der Waals surface area contributed by atoms with Gasteiger partial charge in [-0.05, 0) is 82.6 Å². The molecule has 0 bridgehead atoms. The molecule has 4 rings (SSSR count). The van der Waals surface area contributed by atoms with Crippen molar-refractivity contribution in [1.29, 1.82) is 0 Å². The van der Waals surface area contributed by atoms with Gasteiger partial charge in [0.2, 0.25) is 0 Å². The van der Waals surface area contributed by atoms with Gasteiger partial charge in [0.25, 0.3) is 0 Å². The molecular weight excluding hydrogens is 519 g/mol. The molecule has 4 nitrogen and oxygen atoms in total. The third-order valence-corrected chi connectivity index (χ3v) is 7.40. The fourth-order valence-corrected chi connectivity index (χ4v) is 5.80. The van der Waals surface area contributed by atoms with Crippen molar-refractivity contribution in [2.75, 3.05) is 0 Å². The van der Waals surface area contributed by atoms with E-state index in [1.807, 2.05) is 38.1 Å². The van der Waals surface area contributed by atoms with Crippen LogP contribution in [0.4, 0.5) is 0 Å². The van der Waals surface area contributed by atoms with E-state index < -0.39 is 11.5 Å². The molecule has 2 aromatic rings. The highest BCUT2D eigenvalue weighted by atomic mass is 127. The average molecular weight is 539 g/mol. The summed E-state index contributed by atoms with van der Waals surface area (Å²) in [5, 5.41) is 11.2. The Balaban J connectivity index is 1.92. The number of carboxylic acid groups (broad SMARTS) is 1. The van der Waals surface area contributed by atoms with Crippen molar-refractivity contribution in [3.8, 4) is 0 Å². The number of nitrogens with zero attached hydrogens (tertiary/aromatic N) is 2. The minimum absolute atomic E-state index is 0.0511. The van der Waals surface area contributed by atoms with Crippen LogP contribution in [-0.2, 0) is 10.3 Å². The lowest BCUT2D eigenvalue weighted by atomic mass is 9.81. The summed E-state index contributed by atoms with van der Waals surface area (Å²) in [5.41, 5.74) is 2.42. The largest absolute Gasteiger partial charge is 0.477 e. The summed E-state index contributed by atoms with van der Waals surface area (Å²) in [6, 6.07) is 16.0. The SMILES string of the molecule is CC(C)C1=C(C(=O)O)SC2=NC(C)(c3ccc(I)cc3)C(c3ccc(Cl)cc3)N21. The first kappa shape index (κ1) is 20.8. The number of hydrogen-bond donors (Lipinski definition) is 1. The van der Waals surface area contributed by atoms with E-state index in [9.17, 15) is 9.90 Å². The molecular formula is C22H20ClIN2O2S. The molecule has 2 aromatic carbocycles. The lowest BCUT2D eigenvalue weighted by molar-refractivity contribution is -0.131. The summed E-state index contributed by atoms with van der Waals surface area (Å²) in [4.78, 5) is 19.5. The molecule has 0 saturated carbocycles. The zero-order valence-corrected chi connectivity index (χ0v) is 19.9. The summed E-state index contributed by atoms with van der Waals surface area (Å²) in [5.74, 6) is -0.850. The zero-order valence-electron chi connectivity index (χ0n) is 16.2. The maximum atomic E-state index is 11.9. The van der Waals surface area contributed by atoms with Crippen molar-refractivity contribution in [3.63, 3.8) is 0 Å². The molecule has 0 saturated heterocycles. The number of aliphatic imine (C=N–C) groups is 1. The first-order valence-electron chi connectivity index (χ1n) is 9.28. The molecule has 0 aliphatic carbocycles. The van der Waals surface area contributed by atoms with Crippen molar-refractivity contribution < 1.29 is 9.90 Å².